The summed E-state index contributed by atoms with van der Waals surface area (Å²) >= 11 is 0. The Kier molecular flexibility index (Phi) is 3.57. The molecule has 0 saturated heterocycles. The third-order valence-corrected chi connectivity index (χ3v) is 2.72. The van der Waals surface area contributed by atoms with Gasteiger partial charge in [-0.2, -0.15) is 0 Å². The van der Waals surface area contributed by atoms with Gasteiger partial charge in [0, 0.05) is 17.8 Å². The molecule has 1 aromatic heterocycles. The van der Waals surface area contributed by atoms with Crippen LogP contribution < -0.4 is 5.56 Å². The number of benzene rings is 1. The molecule has 1 aromatic carbocycles. The summed E-state index contributed by atoms with van der Waals surface area (Å²) in [6, 6.07) is 12.6. The van der Waals surface area contributed by atoms with Crippen molar-refractivity contribution in [1.29, 1.82) is 0 Å². The van der Waals surface area contributed by atoms with Crippen LogP contribution in [0.4, 0.5) is 0 Å². The third kappa shape index (κ3) is 2.66. The lowest BCUT2D eigenvalue weighted by atomic mass is 10.1. The average molecular weight is 242 g/mol. The highest BCUT2D eigenvalue weighted by molar-refractivity contribution is 6.00. The molecule has 0 amide bonds. The second kappa shape index (κ2) is 5.31. The maximum Gasteiger partial charge on any atom is 0.250 e. The Bertz CT molecular complexity index is 612. The number of oxime groups is 1. The van der Waals surface area contributed by atoms with E-state index < -0.39 is 0 Å². The van der Waals surface area contributed by atoms with Crippen molar-refractivity contribution >= 4 is 5.71 Å². The van der Waals surface area contributed by atoms with Gasteiger partial charge in [-0.1, -0.05) is 41.1 Å². The van der Waals surface area contributed by atoms with Gasteiger partial charge < -0.3 is 9.77 Å². The van der Waals surface area contributed by atoms with E-state index in [0.717, 1.165) is 11.1 Å². The number of hydrogen-bond acceptors (Lipinski definition) is 3. The number of nitrogens with zero attached hydrogens (tertiary/aromatic N) is 2. The zero-order valence-corrected chi connectivity index (χ0v) is 10.1. The highest BCUT2D eigenvalue weighted by atomic mass is 16.4. The van der Waals surface area contributed by atoms with Crippen LogP contribution in [0.1, 0.15) is 11.1 Å². The van der Waals surface area contributed by atoms with Crippen LogP contribution in [-0.2, 0) is 6.54 Å². The molecule has 0 saturated carbocycles. The third-order valence-electron chi connectivity index (χ3n) is 2.72. The second-order valence-electron chi connectivity index (χ2n) is 4.08. The van der Waals surface area contributed by atoms with Gasteiger partial charge in [-0.25, -0.2) is 0 Å². The highest BCUT2D eigenvalue weighted by Gasteiger charge is 2.06. The zero-order chi connectivity index (χ0) is 13.0. The quantitative estimate of drug-likeness (QED) is 0.508. The fourth-order valence-electron chi connectivity index (χ4n) is 1.68. The molecule has 0 spiro atoms. The van der Waals surface area contributed by atoms with E-state index >= 15 is 0 Å². The Labute approximate surface area is 105 Å². The minimum atomic E-state index is -0.120. The van der Waals surface area contributed by atoms with Crippen LogP contribution in [0.5, 0.6) is 0 Å². The van der Waals surface area contributed by atoms with Crippen molar-refractivity contribution in [2.24, 2.45) is 5.16 Å². The lowest BCUT2D eigenvalue weighted by molar-refractivity contribution is 0.317. The largest absolute Gasteiger partial charge is 0.411 e. The molecule has 2 rings (SSSR count). The summed E-state index contributed by atoms with van der Waals surface area (Å²) in [5.41, 5.74) is 2.28. The van der Waals surface area contributed by atoms with Gasteiger partial charge in [0.05, 0.1) is 6.54 Å². The van der Waals surface area contributed by atoms with Gasteiger partial charge in [0.25, 0.3) is 5.56 Å². The SMILES string of the molecule is Cc1ccc(C(Cn2ccccc2=O)=NO)cc1. The van der Waals surface area contributed by atoms with Gasteiger partial charge in [0.15, 0.2) is 0 Å². The van der Waals surface area contributed by atoms with Crippen molar-refractivity contribution in [2.75, 3.05) is 0 Å². The molecular formula is C14H14N2O2. The predicted molar refractivity (Wildman–Crippen MR) is 70.2 cm³/mol. The van der Waals surface area contributed by atoms with Crippen molar-refractivity contribution < 1.29 is 5.21 Å². The summed E-state index contributed by atoms with van der Waals surface area (Å²) in [5.74, 6) is 0. The topological polar surface area (TPSA) is 54.6 Å². The molecule has 18 heavy (non-hydrogen) atoms. The van der Waals surface area contributed by atoms with Gasteiger partial charge in [0.2, 0.25) is 0 Å². The first-order chi connectivity index (χ1) is 8.70. The number of aryl methyl sites for hydroxylation is 1. The van der Waals surface area contributed by atoms with Crippen LogP contribution in [0.25, 0.3) is 0 Å². The normalized spacial score (nSPS) is 11.5. The molecule has 0 aliphatic carbocycles. The van der Waals surface area contributed by atoms with Crippen LogP contribution in [0.15, 0.2) is 58.6 Å². The van der Waals surface area contributed by atoms with Crippen molar-refractivity contribution in [2.45, 2.75) is 13.5 Å². The minimum absolute atomic E-state index is 0.120. The molecule has 92 valence electrons. The Morgan fingerprint density at radius 2 is 1.94 bits per heavy atom. The fraction of sp³-hybridized carbons (Fsp3) is 0.143. The second-order valence-corrected chi connectivity index (χ2v) is 4.08. The Morgan fingerprint density at radius 1 is 1.22 bits per heavy atom. The lowest BCUT2D eigenvalue weighted by Gasteiger charge is -2.07. The molecular weight excluding hydrogens is 228 g/mol. The van der Waals surface area contributed by atoms with Crippen molar-refractivity contribution in [3.8, 4) is 0 Å². The summed E-state index contributed by atoms with van der Waals surface area (Å²) in [4.78, 5) is 11.6. The zero-order valence-electron chi connectivity index (χ0n) is 10.1. The van der Waals surface area contributed by atoms with Crippen molar-refractivity contribution in [3.63, 3.8) is 0 Å². The Hall–Kier alpha value is -2.36. The van der Waals surface area contributed by atoms with Crippen LogP contribution in [-0.4, -0.2) is 15.5 Å². The first-order valence-electron chi connectivity index (χ1n) is 5.64. The van der Waals surface area contributed by atoms with E-state index in [2.05, 4.69) is 5.16 Å². The number of pyridine rings is 1. The first kappa shape index (κ1) is 12.1. The molecule has 1 N–H and O–H groups in total. The molecule has 0 fully saturated rings. The number of aromatic nitrogens is 1. The number of rotatable bonds is 3. The van der Waals surface area contributed by atoms with Gasteiger partial charge in [-0.3, -0.25) is 4.79 Å². The maximum absolute atomic E-state index is 11.6. The van der Waals surface area contributed by atoms with E-state index in [0.29, 0.717) is 5.71 Å². The molecule has 1 heterocycles. The Morgan fingerprint density at radius 3 is 2.56 bits per heavy atom. The van der Waals surface area contributed by atoms with Gasteiger partial charge >= 0.3 is 0 Å². The highest BCUT2D eigenvalue weighted by Crippen LogP contribution is 2.06. The molecule has 0 aliphatic rings. The molecule has 0 atom stereocenters. The molecule has 0 radical (unpaired) electrons. The van der Waals surface area contributed by atoms with Crippen molar-refractivity contribution in [1.82, 2.24) is 4.57 Å². The van der Waals surface area contributed by atoms with Crippen LogP contribution in [0.3, 0.4) is 0 Å². The van der Waals surface area contributed by atoms with Crippen LogP contribution in [0.2, 0.25) is 0 Å². The van der Waals surface area contributed by atoms with E-state index in [1.807, 2.05) is 31.2 Å². The molecule has 2 aromatic rings. The fourth-order valence-corrected chi connectivity index (χ4v) is 1.68. The van der Waals surface area contributed by atoms with E-state index in [-0.39, 0.29) is 12.1 Å². The lowest BCUT2D eigenvalue weighted by Crippen LogP contribution is -2.23. The van der Waals surface area contributed by atoms with E-state index in [9.17, 15) is 4.79 Å². The van der Waals surface area contributed by atoms with Gasteiger partial charge in [-0.15, -0.1) is 0 Å². The smallest absolute Gasteiger partial charge is 0.250 e. The summed E-state index contributed by atoms with van der Waals surface area (Å²) in [5, 5.41) is 12.4. The monoisotopic (exact) mass is 242 g/mol. The van der Waals surface area contributed by atoms with Gasteiger partial charge in [0.1, 0.15) is 5.71 Å². The molecule has 4 nitrogen and oxygen atoms in total. The number of hydrogen-bond donors (Lipinski definition) is 1. The van der Waals surface area contributed by atoms with E-state index in [1.54, 1.807) is 18.3 Å². The van der Waals surface area contributed by atoms with E-state index in [1.165, 1.54) is 10.6 Å². The Balaban J connectivity index is 2.29. The summed E-state index contributed by atoms with van der Waals surface area (Å²) in [6.45, 7) is 2.24. The average Bonchev–Trinajstić information content (AvgIpc) is 2.39. The van der Waals surface area contributed by atoms with Crippen LogP contribution in [0, 0.1) is 6.92 Å². The molecule has 0 unspecified atom stereocenters. The van der Waals surface area contributed by atoms with E-state index in [4.69, 9.17) is 5.21 Å². The minimum Gasteiger partial charge on any atom is -0.411 e. The summed E-state index contributed by atoms with van der Waals surface area (Å²) in [7, 11) is 0. The van der Waals surface area contributed by atoms with Gasteiger partial charge in [-0.05, 0) is 13.0 Å². The standard InChI is InChI=1S/C14H14N2O2/c1-11-5-7-12(8-6-11)13(15-18)10-16-9-3-2-4-14(16)17/h2-9,18H,10H2,1H3. The van der Waals surface area contributed by atoms with Crippen LogP contribution >= 0.6 is 0 Å². The predicted octanol–water partition coefficient (Wildman–Crippen LogP) is 2.04. The summed E-state index contributed by atoms with van der Waals surface area (Å²) in [6.07, 6.45) is 1.67. The summed E-state index contributed by atoms with van der Waals surface area (Å²) < 4.78 is 1.49. The molecule has 0 bridgehead atoms. The maximum atomic E-state index is 11.6. The first-order valence-corrected chi connectivity index (χ1v) is 5.64. The molecule has 0 aliphatic heterocycles. The van der Waals surface area contributed by atoms with Crippen molar-refractivity contribution in [3.05, 3.63) is 70.1 Å². The molecule has 4 heteroatoms.